The lowest BCUT2D eigenvalue weighted by Gasteiger charge is -2.10. The molecule has 2 aromatic rings. The maximum absolute atomic E-state index is 13.2. The third-order valence-corrected chi connectivity index (χ3v) is 3.98. The molecule has 0 saturated heterocycles. The molecule has 0 fully saturated rings. The van der Waals surface area contributed by atoms with Gasteiger partial charge in [-0.15, -0.1) is 0 Å². The predicted molar refractivity (Wildman–Crippen MR) is 77.6 cm³/mol. The quantitative estimate of drug-likeness (QED) is 0.878. The Bertz CT molecular complexity index is 652. The van der Waals surface area contributed by atoms with Gasteiger partial charge < -0.3 is 5.32 Å². The Balaban J connectivity index is 2.15. The van der Waals surface area contributed by atoms with E-state index in [2.05, 4.69) is 21.2 Å². The average molecular weight is 340 g/mol. The molecule has 0 aliphatic rings. The van der Waals surface area contributed by atoms with Crippen molar-refractivity contribution in [1.82, 2.24) is 0 Å². The first-order chi connectivity index (χ1) is 9.11. The number of nitrogens with zero attached hydrogens (tertiary/aromatic N) is 1. The highest BCUT2D eigenvalue weighted by molar-refractivity contribution is 9.10. The fourth-order valence-electron chi connectivity index (χ4n) is 1.61. The van der Waals surface area contributed by atoms with Crippen LogP contribution in [0.4, 0.5) is 10.1 Å². The third-order valence-electron chi connectivity index (χ3n) is 2.59. The summed E-state index contributed by atoms with van der Waals surface area (Å²) in [6.07, 6.45) is 0. The lowest BCUT2D eigenvalue weighted by molar-refractivity contribution is 0.623. The Labute approximate surface area is 123 Å². The second kappa shape index (κ2) is 6.05. The molecule has 0 aliphatic heterocycles. The average Bonchev–Trinajstić information content (AvgIpc) is 2.42. The number of hydrogen-bond donors (Lipinski definition) is 1. The van der Waals surface area contributed by atoms with Gasteiger partial charge in [0, 0.05) is 6.54 Å². The fraction of sp³-hybridized carbons (Fsp3) is 0.0714. The Hall–Kier alpha value is -1.57. The number of halogens is 3. The van der Waals surface area contributed by atoms with Gasteiger partial charge in [-0.05, 0) is 45.8 Å². The molecule has 0 bridgehead atoms. The van der Waals surface area contributed by atoms with Crippen molar-refractivity contribution < 1.29 is 4.39 Å². The van der Waals surface area contributed by atoms with Crippen LogP contribution in [0.15, 0.2) is 40.9 Å². The minimum absolute atomic E-state index is 0.0458. The molecule has 0 radical (unpaired) electrons. The summed E-state index contributed by atoms with van der Waals surface area (Å²) in [6, 6.07) is 11.8. The maximum atomic E-state index is 13.2. The molecule has 19 heavy (non-hydrogen) atoms. The molecule has 1 N–H and O–H groups in total. The Morgan fingerprint density at radius 1 is 1.32 bits per heavy atom. The molecule has 0 aliphatic carbocycles. The van der Waals surface area contributed by atoms with Crippen LogP contribution < -0.4 is 5.32 Å². The van der Waals surface area contributed by atoms with Crippen molar-refractivity contribution in [1.29, 1.82) is 5.26 Å². The molecule has 2 rings (SSSR count). The largest absolute Gasteiger partial charge is 0.380 e. The highest BCUT2D eigenvalue weighted by atomic mass is 79.9. The highest BCUT2D eigenvalue weighted by Gasteiger charge is 2.05. The lowest BCUT2D eigenvalue weighted by atomic mass is 10.1. The standard InChI is InChI=1S/C14H9BrClFN2/c15-14-11(16)2-1-3-13(14)19-8-9-4-5-12(17)10(6-9)7-18/h1-6,19H,8H2. The number of nitriles is 1. The van der Waals surface area contributed by atoms with E-state index in [9.17, 15) is 4.39 Å². The van der Waals surface area contributed by atoms with E-state index in [1.807, 2.05) is 18.2 Å². The molecular weight excluding hydrogens is 331 g/mol. The molecule has 96 valence electrons. The Kier molecular flexibility index (Phi) is 4.41. The lowest BCUT2D eigenvalue weighted by Crippen LogP contribution is -2.01. The minimum Gasteiger partial charge on any atom is -0.380 e. The number of anilines is 1. The fourth-order valence-corrected chi connectivity index (χ4v) is 2.18. The van der Waals surface area contributed by atoms with Crippen molar-refractivity contribution in [3.8, 4) is 6.07 Å². The van der Waals surface area contributed by atoms with Gasteiger partial charge in [0.25, 0.3) is 0 Å². The van der Waals surface area contributed by atoms with E-state index in [0.29, 0.717) is 11.6 Å². The van der Waals surface area contributed by atoms with Gasteiger partial charge in [0.05, 0.1) is 20.7 Å². The van der Waals surface area contributed by atoms with E-state index in [-0.39, 0.29) is 5.56 Å². The number of hydrogen-bond acceptors (Lipinski definition) is 2. The van der Waals surface area contributed by atoms with Gasteiger partial charge in [-0.1, -0.05) is 23.7 Å². The zero-order chi connectivity index (χ0) is 13.8. The molecule has 0 aromatic heterocycles. The Morgan fingerprint density at radius 3 is 2.84 bits per heavy atom. The molecule has 0 spiro atoms. The summed E-state index contributed by atoms with van der Waals surface area (Å²) < 4.78 is 14.0. The molecule has 0 saturated carbocycles. The van der Waals surface area contributed by atoms with E-state index >= 15 is 0 Å². The second-order valence-corrected chi connectivity index (χ2v) is 5.08. The van der Waals surface area contributed by atoms with Gasteiger partial charge in [-0.3, -0.25) is 0 Å². The van der Waals surface area contributed by atoms with Crippen LogP contribution in [-0.4, -0.2) is 0 Å². The predicted octanol–water partition coefficient (Wildman–Crippen LogP) is 4.73. The first-order valence-electron chi connectivity index (χ1n) is 5.48. The van der Waals surface area contributed by atoms with Gasteiger partial charge in [0.2, 0.25) is 0 Å². The van der Waals surface area contributed by atoms with Crippen LogP contribution in [0.3, 0.4) is 0 Å². The van der Waals surface area contributed by atoms with Crippen molar-refractivity contribution >= 4 is 33.2 Å². The molecule has 2 aromatic carbocycles. The second-order valence-electron chi connectivity index (χ2n) is 3.88. The molecule has 2 nitrogen and oxygen atoms in total. The van der Waals surface area contributed by atoms with Crippen molar-refractivity contribution in [2.45, 2.75) is 6.54 Å². The van der Waals surface area contributed by atoms with E-state index in [0.717, 1.165) is 15.7 Å². The first-order valence-corrected chi connectivity index (χ1v) is 6.65. The number of benzene rings is 2. The zero-order valence-corrected chi connectivity index (χ0v) is 12.1. The molecule has 5 heteroatoms. The minimum atomic E-state index is -0.504. The monoisotopic (exact) mass is 338 g/mol. The molecule has 0 unspecified atom stereocenters. The first kappa shape index (κ1) is 13.9. The van der Waals surface area contributed by atoms with E-state index in [4.69, 9.17) is 16.9 Å². The highest BCUT2D eigenvalue weighted by Crippen LogP contribution is 2.30. The van der Waals surface area contributed by atoms with Crippen LogP contribution in [0.2, 0.25) is 5.02 Å². The SMILES string of the molecule is N#Cc1cc(CNc2cccc(Cl)c2Br)ccc1F. The van der Waals surface area contributed by atoms with E-state index in [1.165, 1.54) is 12.1 Å². The van der Waals surface area contributed by atoms with Crippen LogP contribution in [0.5, 0.6) is 0 Å². The normalized spacial score (nSPS) is 10.0. The van der Waals surface area contributed by atoms with E-state index < -0.39 is 5.82 Å². The summed E-state index contributed by atoms with van der Waals surface area (Å²) in [7, 11) is 0. The molecule has 0 atom stereocenters. The van der Waals surface area contributed by atoms with Gasteiger partial charge in [0.1, 0.15) is 11.9 Å². The Morgan fingerprint density at radius 2 is 2.11 bits per heavy atom. The van der Waals surface area contributed by atoms with Crippen molar-refractivity contribution in [2.75, 3.05) is 5.32 Å². The summed E-state index contributed by atoms with van der Waals surface area (Å²) in [5.41, 5.74) is 1.71. The van der Waals surface area contributed by atoms with Crippen LogP contribution in [0.25, 0.3) is 0 Å². The number of rotatable bonds is 3. The number of nitrogens with one attached hydrogen (secondary N) is 1. The van der Waals surface area contributed by atoms with Crippen LogP contribution in [0, 0.1) is 17.1 Å². The summed E-state index contributed by atoms with van der Waals surface area (Å²) in [5.74, 6) is -0.504. The van der Waals surface area contributed by atoms with Crippen LogP contribution >= 0.6 is 27.5 Å². The topological polar surface area (TPSA) is 35.8 Å². The van der Waals surface area contributed by atoms with E-state index in [1.54, 1.807) is 12.1 Å². The molecule has 0 heterocycles. The molecular formula is C14H9BrClFN2. The van der Waals surface area contributed by atoms with Crippen molar-refractivity contribution in [2.24, 2.45) is 0 Å². The van der Waals surface area contributed by atoms with Crippen LogP contribution in [0.1, 0.15) is 11.1 Å². The van der Waals surface area contributed by atoms with Gasteiger partial charge in [-0.25, -0.2) is 4.39 Å². The van der Waals surface area contributed by atoms with Crippen LogP contribution in [-0.2, 0) is 6.54 Å². The van der Waals surface area contributed by atoms with Gasteiger partial charge >= 0.3 is 0 Å². The van der Waals surface area contributed by atoms with Crippen molar-refractivity contribution in [3.63, 3.8) is 0 Å². The molecule has 0 amide bonds. The van der Waals surface area contributed by atoms with Gasteiger partial charge in [0.15, 0.2) is 0 Å². The smallest absolute Gasteiger partial charge is 0.140 e. The summed E-state index contributed by atoms with van der Waals surface area (Å²) in [4.78, 5) is 0. The van der Waals surface area contributed by atoms with Crippen molar-refractivity contribution in [3.05, 3.63) is 62.8 Å². The zero-order valence-electron chi connectivity index (χ0n) is 9.75. The third kappa shape index (κ3) is 3.25. The summed E-state index contributed by atoms with van der Waals surface area (Å²) >= 11 is 9.37. The maximum Gasteiger partial charge on any atom is 0.140 e. The summed E-state index contributed by atoms with van der Waals surface area (Å²) in [6.45, 7) is 0.480. The van der Waals surface area contributed by atoms with Gasteiger partial charge in [-0.2, -0.15) is 5.26 Å². The summed E-state index contributed by atoms with van der Waals surface area (Å²) in [5, 5.41) is 12.6.